The Labute approximate surface area is 85.1 Å². The maximum atomic E-state index is 5.00. The highest BCUT2D eigenvalue weighted by Crippen LogP contribution is 1.98. The Balaban J connectivity index is 2.15. The van der Waals surface area contributed by atoms with Gasteiger partial charge in [0.05, 0.1) is 0 Å². The first-order chi connectivity index (χ1) is 6.72. The predicted octanol–water partition coefficient (Wildman–Crippen LogP) is 1.70. The van der Waals surface area contributed by atoms with Crippen LogP contribution in [0, 0.1) is 6.92 Å². The molecule has 1 unspecified atom stereocenters. The van der Waals surface area contributed by atoms with Gasteiger partial charge in [-0.15, -0.1) is 0 Å². The van der Waals surface area contributed by atoms with Crippen LogP contribution in [0.4, 0.5) is 0 Å². The fourth-order valence-corrected chi connectivity index (χ4v) is 1.40. The van der Waals surface area contributed by atoms with Crippen molar-refractivity contribution in [2.75, 3.05) is 6.54 Å². The van der Waals surface area contributed by atoms with Crippen molar-refractivity contribution in [1.82, 2.24) is 15.5 Å². The molecule has 0 aliphatic heterocycles. The van der Waals surface area contributed by atoms with Gasteiger partial charge >= 0.3 is 0 Å². The smallest absolute Gasteiger partial charge is 0.227 e. The van der Waals surface area contributed by atoms with E-state index in [9.17, 15) is 0 Å². The Morgan fingerprint density at radius 2 is 2.29 bits per heavy atom. The molecule has 1 heterocycles. The fourth-order valence-electron chi connectivity index (χ4n) is 1.40. The average molecular weight is 197 g/mol. The maximum absolute atomic E-state index is 5.00. The summed E-state index contributed by atoms with van der Waals surface area (Å²) in [6, 6.07) is 0.573. The first kappa shape index (κ1) is 11.2. The minimum atomic E-state index is 0.573. The van der Waals surface area contributed by atoms with Gasteiger partial charge in [0, 0.05) is 19.0 Å². The molecule has 80 valence electrons. The zero-order valence-electron chi connectivity index (χ0n) is 9.21. The molecule has 0 saturated heterocycles. The second kappa shape index (κ2) is 5.75. The van der Waals surface area contributed by atoms with Crippen molar-refractivity contribution in [2.45, 2.75) is 46.1 Å². The summed E-state index contributed by atoms with van der Waals surface area (Å²) in [5, 5.41) is 7.15. The van der Waals surface area contributed by atoms with Gasteiger partial charge in [0.25, 0.3) is 0 Å². The van der Waals surface area contributed by atoms with E-state index in [1.807, 2.05) is 6.92 Å². The number of nitrogens with zero attached hydrogens (tertiary/aromatic N) is 2. The van der Waals surface area contributed by atoms with Gasteiger partial charge < -0.3 is 9.84 Å². The number of hydrogen-bond donors (Lipinski definition) is 1. The van der Waals surface area contributed by atoms with Crippen LogP contribution in [-0.4, -0.2) is 22.7 Å². The number of rotatable bonds is 6. The summed E-state index contributed by atoms with van der Waals surface area (Å²) in [7, 11) is 0. The van der Waals surface area contributed by atoms with E-state index >= 15 is 0 Å². The van der Waals surface area contributed by atoms with E-state index in [0.29, 0.717) is 11.9 Å². The second-order valence-electron chi connectivity index (χ2n) is 3.63. The van der Waals surface area contributed by atoms with Crippen LogP contribution in [0.15, 0.2) is 4.52 Å². The molecular formula is C10H19N3O. The lowest BCUT2D eigenvalue weighted by molar-refractivity contribution is 0.368. The van der Waals surface area contributed by atoms with Crippen molar-refractivity contribution in [3.63, 3.8) is 0 Å². The van der Waals surface area contributed by atoms with Crippen molar-refractivity contribution in [1.29, 1.82) is 0 Å². The van der Waals surface area contributed by atoms with Crippen LogP contribution >= 0.6 is 0 Å². The molecule has 1 aromatic heterocycles. The largest absolute Gasteiger partial charge is 0.339 e. The molecule has 0 bridgehead atoms. The average Bonchev–Trinajstić information content (AvgIpc) is 2.52. The lowest BCUT2D eigenvalue weighted by Gasteiger charge is -2.10. The van der Waals surface area contributed by atoms with Crippen molar-refractivity contribution >= 4 is 0 Å². The second-order valence-corrected chi connectivity index (χ2v) is 3.63. The third kappa shape index (κ3) is 3.87. The normalized spacial score (nSPS) is 13.1. The summed E-state index contributed by atoms with van der Waals surface area (Å²) < 4.78 is 5.00. The molecule has 0 aliphatic carbocycles. The Kier molecular flexibility index (Phi) is 4.59. The summed E-state index contributed by atoms with van der Waals surface area (Å²) in [6.45, 7) is 7.13. The van der Waals surface area contributed by atoms with Crippen LogP contribution < -0.4 is 5.32 Å². The summed E-state index contributed by atoms with van der Waals surface area (Å²) in [5.41, 5.74) is 0. The topological polar surface area (TPSA) is 51.0 Å². The molecule has 0 saturated carbocycles. The van der Waals surface area contributed by atoms with Crippen molar-refractivity contribution in [3.05, 3.63) is 11.7 Å². The van der Waals surface area contributed by atoms with Crippen LogP contribution in [0.5, 0.6) is 0 Å². The Morgan fingerprint density at radius 3 is 2.86 bits per heavy atom. The third-order valence-electron chi connectivity index (χ3n) is 2.12. The van der Waals surface area contributed by atoms with Crippen LogP contribution in [0.25, 0.3) is 0 Å². The van der Waals surface area contributed by atoms with Crippen LogP contribution in [0.1, 0.15) is 38.4 Å². The number of aromatic nitrogens is 2. The fraction of sp³-hybridized carbons (Fsp3) is 0.800. The van der Waals surface area contributed by atoms with Gasteiger partial charge in [-0.1, -0.05) is 18.5 Å². The SMILES string of the molecule is CCCC(C)NCCc1nc(C)no1. The first-order valence-corrected chi connectivity index (χ1v) is 5.25. The highest BCUT2D eigenvalue weighted by atomic mass is 16.5. The van der Waals surface area contributed by atoms with Gasteiger partial charge in [0.1, 0.15) is 0 Å². The van der Waals surface area contributed by atoms with E-state index in [-0.39, 0.29) is 0 Å². The molecule has 0 aliphatic rings. The minimum Gasteiger partial charge on any atom is -0.339 e. The molecule has 0 fully saturated rings. The Bertz CT molecular complexity index is 260. The van der Waals surface area contributed by atoms with Gasteiger partial charge in [0.15, 0.2) is 5.82 Å². The van der Waals surface area contributed by atoms with Crippen LogP contribution in [-0.2, 0) is 6.42 Å². The Hall–Kier alpha value is -0.900. The number of aryl methyl sites for hydroxylation is 1. The monoisotopic (exact) mass is 197 g/mol. The van der Waals surface area contributed by atoms with E-state index in [0.717, 1.165) is 18.9 Å². The minimum absolute atomic E-state index is 0.573. The Morgan fingerprint density at radius 1 is 1.50 bits per heavy atom. The van der Waals surface area contributed by atoms with E-state index in [1.165, 1.54) is 12.8 Å². The number of nitrogens with one attached hydrogen (secondary N) is 1. The zero-order chi connectivity index (χ0) is 10.4. The number of hydrogen-bond acceptors (Lipinski definition) is 4. The molecule has 1 rings (SSSR count). The summed E-state index contributed by atoms with van der Waals surface area (Å²) in [4.78, 5) is 4.14. The molecule has 4 nitrogen and oxygen atoms in total. The highest BCUT2D eigenvalue weighted by Gasteiger charge is 2.03. The molecule has 0 radical (unpaired) electrons. The van der Waals surface area contributed by atoms with Crippen molar-refractivity contribution in [2.24, 2.45) is 0 Å². The highest BCUT2D eigenvalue weighted by molar-refractivity contribution is 4.83. The summed E-state index contributed by atoms with van der Waals surface area (Å²) in [5.74, 6) is 1.43. The molecule has 14 heavy (non-hydrogen) atoms. The standard InChI is InChI=1S/C10H19N3O/c1-4-5-8(2)11-7-6-10-12-9(3)13-14-10/h8,11H,4-7H2,1-3H3. The zero-order valence-corrected chi connectivity index (χ0v) is 9.21. The molecule has 0 amide bonds. The molecule has 0 spiro atoms. The lowest BCUT2D eigenvalue weighted by Crippen LogP contribution is -2.27. The molecule has 1 atom stereocenters. The quantitative estimate of drug-likeness (QED) is 0.754. The molecule has 1 N–H and O–H groups in total. The van der Waals surface area contributed by atoms with E-state index in [4.69, 9.17) is 4.52 Å². The van der Waals surface area contributed by atoms with Gasteiger partial charge in [-0.2, -0.15) is 4.98 Å². The van der Waals surface area contributed by atoms with Gasteiger partial charge in [-0.05, 0) is 20.3 Å². The van der Waals surface area contributed by atoms with Crippen LogP contribution in [0.2, 0.25) is 0 Å². The maximum Gasteiger partial charge on any atom is 0.227 e. The molecule has 4 heteroatoms. The molecule has 0 aromatic carbocycles. The summed E-state index contributed by atoms with van der Waals surface area (Å²) >= 11 is 0. The van der Waals surface area contributed by atoms with E-state index in [1.54, 1.807) is 0 Å². The molecular weight excluding hydrogens is 178 g/mol. The van der Waals surface area contributed by atoms with E-state index in [2.05, 4.69) is 29.3 Å². The van der Waals surface area contributed by atoms with Crippen LogP contribution in [0.3, 0.4) is 0 Å². The third-order valence-corrected chi connectivity index (χ3v) is 2.12. The van der Waals surface area contributed by atoms with E-state index < -0.39 is 0 Å². The van der Waals surface area contributed by atoms with Gasteiger partial charge in [0.2, 0.25) is 5.89 Å². The van der Waals surface area contributed by atoms with Crippen molar-refractivity contribution in [3.8, 4) is 0 Å². The van der Waals surface area contributed by atoms with Crippen molar-refractivity contribution < 1.29 is 4.52 Å². The predicted molar refractivity (Wildman–Crippen MR) is 55.1 cm³/mol. The summed E-state index contributed by atoms with van der Waals surface area (Å²) in [6.07, 6.45) is 3.24. The van der Waals surface area contributed by atoms with Gasteiger partial charge in [-0.25, -0.2) is 0 Å². The molecule has 1 aromatic rings. The lowest BCUT2D eigenvalue weighted by atomic mass is 10.2. The van der Waals surface area contributed by atoms with Gasteiger partial charge in [-0.3, -0.25) is 0 Å². The first-order valence-electron chi connectivity index (χ1n) is 5.25.